The van der Waals surface area contributed by atoms with Crippen LogP contribution in [0.25, 0.3) is 0 Å². The van der Waals surface area contributed by atoms with Gasteiger partial charge in [0.25, 0.3) is 0 Å². The minimum absolute atomic E-state index is 0.0591. The molecule has 0 aromatic rings. The van der Waals surface area contributed by atoms with Gasteiger partial charge in [-0.1, -0.05) is 0 Å². The number of aliphatic hydroxyl groups is 1. The number of aliphatic hydroxyl groups excluding tert-OH is 1. The van der Waals surface area contributed by atoms with Crippen LogP contribution < -0.4 is 0 Å². The number of thioether (sulfide) groups is 1. The zero-order valence-electron chi connectivity index (χ0n) is 10.1. The zero-order chi connectivity index (χ0) is 11.2. The Balaban J connectivity index is 1.64. The van der Waals surface area contributed by atoms with Crippen molar-refractivity contribution in [1.29, 1.82) is 0 Å². The van der Waals surface area contributed by atoms with Crippen LogP contribution in [0.15, 0.2) is 0 Å². The minimum atomic E-state index is -0.0591. The largest absolute Gasteiger partial charge is 0.393 e. The first-order valence-corrected chi connectivity index (χ1v) is 7.83. The first-order valence-electron chi connectivity index (χ1n) is 6.68. The van der Waals surface area contributed by atoms with Crippen LogP contribution in [0.4, 0.5) is 0 Å². The predicted octanol–water partition coefficient (Wildman–Crippen LogP) is 2.70. The lowest BCUT2D eigenvalue weighted by atomic mass is 9.88. The van der Waals surface area contributed by atoms with Crippen LogP contribution in [0.3, 0.4) is 0 Å². The average molecular weight is 244 g/mol. The number of hydrogen-bond acceptors (Lipinski definition) is 3. The maximum Gasteiger partial charge on any atom is 0.0545 e. The fourth-order valence-corrected chi connectivity index (χ4v) is 4.03. The second kappa shape index (κ2) is 6.87. The second-order valence-electron chi connectivity index (χ2n) is 5.24. The second-order valence-corrected chi connectivity index (χ2v) is 6.46. The Morgan fingerprint density at radius 1 is 1.00 bits per heavy atom. The van der Waals surface area contributed by atoms with E-state index in [1.807, 2.05) is 0 Å². The Hall–Kier alpha value is 0.270. The van der Waals surface area contributed by atoms with E-state index >= 15 is 0 Å². The van der Waals surface area contributed by atoms with Crippen molar-refractivity contribution in [3.63, 3.8) is 0 Å². The first-order chi connectivity index (χ1) is 7.84. The van der Waals surface area contributed by atoms with E-state index in [4.69, 9.17) is 4.74 Å². The van der Waals surface area contributed by atoms with E-state index in [0.29, 0.717) is 5.92 Å². The molecule has 16 heavy (non-hydrogen) atoms. The minimum Gasteiger partial charge on any atom is -0.393 e. The van der Waals surface area contributed by atoms with Gasteiger partial charge in [-0.15, -0.1) is 0 Å². The van der Waals surface area contributed by atoms with Crippen LogP contribution in [0.5, 0.6) is 0 Å². The fraction of sp³-hybridized carbons (Fsp3) is 1.00. The zero-order valence-corrected chi connectivity index (χ0v) is 10.9. The van der Waals surface area contributed by atoms with Gasteiger partial charge in [0.1, 0.15) is 0 Å². The molecule has 1 unspecified atom stereocenters. The summed E-state index contributed by atoms with van der Waals surface area (Å²) in [6.45, 7) is 1.80. The van der Waals surface area contributed by atoms with E-state index in [1.54, 1.807) is 0 Å². The fourth-order valence-electron chi connectivity index (χ4n) is 2.83. The summed E-state index contributed by atoms with van der Waals surface area (Å²) in [6, 6.07) is 0. The van der Waals surface area contributed by atoms with Crippen molar-refractivity contribution in [2.24, 2.45) is 11.8 Å². The molecule has 0 radical (unpaired) electrons. The molecule has 0 amide bonds. The van der Waals surface area contributed by atoms with Crippen LogP contribution in [0.1, 0.15) is 38.5 Å². The van der Waals surface area contributed by atoms with Crippen LogP contribution in [0.2, 0.25) is 0 Å². The third-order valence-corrected chi connectivity index (χ3v) is 4.94. The summed E-state index contributed by atoms with van der Waals surface area (Å²) >= 11 is 2.06. The lowest BCUT2D eigenvalue weighted by molar-refractivity contribution is 0.0379. The van der Waals surface area contributed by atoms with Gasteiger partial charge in [-0.05, 0) is 61.9 Å². The maximum atomic E-state index is 10.1. The summed E-state index contributed by atoms with van der Waals surface area (Å²) in [5, 5.41) is 10.1. The highest BCUT2D eigenvalue weighted by atomic mass is 32.2. The van der Waals surface area contributed by atoms with E-state index in [-0.39, 0.29) is 6.10 Å². The van der Waals surface area contributed by atoms with Crippen molar-refractivity contribution in [2.45, 2.75) is 44.6 Å². The van der Waals surface area contributed by atoms with Crippen molar-refractivity contribution in [3.8, 4) is 0 Å². The highest BCUT2D eigenvalue weighted by Gasteiger charge is 2.21. The normalized spacial score (nSPS) is 26.8. The highest BCUT2D eigenvalue weighted by molar-refractivity contribution is 7.99. The molecule has 2 saturated heterocycles. The third kappa shape index (κ3) is 4.27. The smallest absolute Gasteiger partial charge is 0.0545 e. The molecule has 2 rings (SSSR count). The van der Waals surface area contributed by atoms with Crippen molar-refractivity contribution in [1.82, 2.24) is 0 Å². The molecular formula is C13H24O2S. The topological polar surface area (TPSA) is 29.5 Å². The van der Waals surface area contributed by atoms with E-state index in [2.05, 4.69) is 11.8 Å². The standard InChI is InChI=1S/C13H24O2S/c14-13(9-11-1-5-15-6-2-11)10-12-3-7-16-8-4-12/h11-14H,1-10H2. The molecule has 94 valence electrons. The highest BCUT2D eigenvalue weighted by Crippen LogP contribution is 2.29. The van der Waals surface area contributed by atoms with Crippen LogP contribution in [-0.4, -0.2) is 35.9 Å². The molecule has 2 nitrogen and oxygen atoms in total. The molecule has 0 bridgehead atoms. The van der Waals surface area contributed by atoms with Gasteiger partial charge in [-0.2, -0.15) is 11.8 Å². The van der Waals surface area contributed by atoms with Crippen molar-refractivity contribution in [2.75, 3.05) is 24.7 Å². The predicted molar refractivity (Wildman–Crippen MR) is 68.8 cm³/mol. The molecule has 2 aliphatic heterocycles. The lowest BCUT2D eigenvalue weighted by Crippen LogP contribution is -2.24. The Labute approximate surface area is 103 Å². The SMILES string of the molecule is OC(CC1CCOCC1)CC1CCSCC1. The molecule has 3 heteroatoms. The molecule has 0 aliphatic carbocycles. The summed E-state index contributed by atoms with van der Waals surface area (Å²) in [7, 11) is 0. The lowest BCUT2D eigenvalue weighted by Gasteiger charge is -2.27. The molecule has 0 aromatic carbocycles. The molecular weight excluding hydrogens is 220 g/mol. The Kier molecular flexibility index (Phi) is 5.46. The maximum absolute atomic E-state index is 10.1. The van der Waals surface area contributed by atoms with E-state index in [9.17, 15) is 5.11 Å². The van der Waals surface area contributed by atoms with Gasteiger partial charge >= 0.3 is 0 Å². The van der Waals surface area contributed by atoms with Crippen molar-refractivity contribution >= 4 is 11.8 Å². The van der Waals surface area contributed by atoms with Gasteiger partial charge in [0, 0.05) is 13.2 Å². The quantitative estimate of drug-likeness (QED) is 0.824. The molecule has 1 atom stereocenters. The molecule has 2 fully saturated rings. The molecule has 1 N–H and O–H groups in total. The third-order valence-electron chi connectivity index (χ3n) is 3.89. The number of hydrogen-bond donors (Lipinski definition) is 1. The Morgan fingerprint density at radius 2 is 1.56 bits per heavy atom. The van der Waals surface area contributed by atoms with Gasteiger partial charge in [-0.3, -0.25) is 0 Å². The Bertz CT molecular complexity index is 166. The van der Waals surface area contributed by atoms with Crippen LogP contribution in [-0.2, 0) is 4.74 Å². The monoisotopic (exact) mass is 244 g/mol. The Morgan fingerprint density at radius 3 is 2.19 bits per heavy atom. The van der Waals surface area contributed by atoms with Gasteiger partial charge in [0.05, 0.1) is 6.10 Å². The molecule has 0 aromatic heterocycles. The number of rotatable bonds is 4. The summed E-state index contributed by atoms with van der Waals surface area (Å²) < 4.78 is 5.35. The summed E-state index contributed by atoms with van der Waals surface area (Å²) in [5.74, 6) is 4.10. The van der Waals surface area contributed by atoms with Crippen LogP contribution in [0, 0.1) is 11.8 Å². The average Bonchev–Trinajstić information content (AvgIpc) is 2.31. The summed E-state index contributed by atoms with van der Waals surface area (Å²) in [6.07, 6.45) is 6.92. The van der Waals surface area contributed by atoms with Crippen molar-refractivity contribution < 1.29 is 9.84 Å². The van der Waals surface area contributed by atoms with Crippen LogP contribution >= 0.6 is 11.8 Å². The first kappa shape index (κ1) is 12.7. The molecule has 0 saturated carbocycles. The van der Waals surface area contributed by atoms with Crippen molar-refractivity contribution in [3.05, 3.63) is 0 Å². The molecule has 2 heterocycles. The summed E-state index contributed by atoms with van der Waals surface area (Å²) in [4.78, 5) is 0. The number of ether oxygens (including phenoxy) is 1. The van der Waals surface area contributed by atoms with Gasteiger partial charge in [0.2, 0.25) is 0 Å². The summed E-state index contributed by atoms with van der Waals surface area (Å²) in [5.41, 5.74) is 0. The van der Waals surface area contributed by atoms with Gasteiger partial charge in [0.15, 0.2) is 0 Å². The molecule has 2 aliphatic rings. The van der Waals surface area contributed by atoms with E-state index in [0.717, 1.165) is 44.8 Å². The van der Waals surface area contributed by atoms with E-state index < -0.39 is 0 Å². The van der Waals surface area contributed by atoms with Gasteiger partial charge < -0.3 is 9.84 Å². The van der Waals surface area contributed by atoms with Gasteiger partial charge in [-0.25, -0.2) is 0 Å². The van der Waals surface area contributed by atoms with E-state index in [1.165, 1.54) is 24.3 Å². The molecule has 0 spiro atoms.